The van der Waals surface area contributed by atoms with E-state index in [1.807, 2.05) is 0 Å². The molecule has 0 amide bonds. The minimum absolute atomic E-state index is 0. The Labute approximate surface area is 176 Å². The molecule has 1 aliphatic rings. The van der Waals surface area contributed by atoms with Crippen molar-refractivity contribution < 1.29 is 4.74 Å². The maximum atomic E-state index is 5.48. The molecule has 1 aromatic rings. The highest BCUT2D eigenvalue weighted by Gasteiger charge is 2.14. The maximum absolute atomic E-state index is 5.48. The Hall–Kier alpha value is -1.02. The van der Waals surface area contributed by atoms with Gasteiger partial charge in [-0.2, -0.15) is 0 Å². The first kappa shape index (κ1) is 23.0. The lowest BCUT2D eigenvalue weighted by atomic mass is 10.1. The highest BCUT2D eigenvalue weighted by molar-refractivity contribution is 14.0. The van der Waals surface area contributed by atoms with Crippen LogP contribution in [0, 0.1) is 12.8 Å². The van der Waals surface area contributed by atoms with Gasteiger partial charge in [-0.1, -0.05) is 19.1 Å². The predicted octanol–water partition coefficient (Wildman–Crippen LogP) is 3.41. The average Bonchev–Trinajstić information content (AvgIpc) is 3.11. The SMILES string of the molecule is CCNC(=NCc1ccc(C)cc1OC)NCC(C)CN1CCCC1.I. The number of benzene rings is 1. The molecule has 1 saturated heterocycles. The van der Waals surface area contributed by atoms with Crippen LogP contribution >= 0.6 is 24.0 Å². The van der Waals surface area contributed by atoms with Crippen molar-refractivity contribution >= 4 is 29.9 Å². The van der Waals surface area contributed by atoms with Gasteiger partial charge < -0.3 is 20.3 Å². The Morgan fingerprint density at radius 3 is 2.65 bits per heavy atom. The third-order valence-electron chi connectivity index (χ3n) is 4.58. The number of ether oxygens (including phenoxy) is 1. The van der Waals surface area contributed by atoms with Gasteiger partial charge in [0, 0.05) is 25.2 Å². The normalized spacial score (nSPS) is 16.1. The van der Waals surface area contributed by atoms with E-state index in [1.165, 1.54) is 31.5 Å². The van der Waals surface area contributed by atoms with E-state index in [9.17, 15) is 0 Å². The van der Waals surface area contributed by atoms with Gasteiger partial charge >= 0.3 is 0 Å². The summed E-state index contributed by atoms with van der Waals surface area (Å²) in [5, 5.41) is 6.82. The Morgan fingerprint density at radius 1 is 1.27 bits per heavy atom. The number of aliphatic imine (C=N–C) groups is 1. The fraction of sp³-hybridized carbons (Fsp3) is 0.650. The molecular weight excluding hydrogens is 439 g/mol. The summed E-state index contributed by atoms with van der Waals surface area (Å²) in [4.78, 5) is 7.29. The van der Waals surface area contributed by atoms with Gasteiger partial charge in [0.2, 0.25) is 0 Å². The van der Waals surface area contributed by atoms with Crippen LogP contribution in [0.25, 0.3) is 0 Å². The van der Waals surface area contributed by atoms with Crippen LogP contribution in [0.2, 0.25) is 0 Å². The molecule has 5 nitrogen and oxygen atoms in total. The number of guanidine groups is 1. The largest absolute Gasteiger partial charge is 0.496 e. The molecule has 1 fully saturated rings. The first-order valence-corrected chi connectivity index (χ1v) is 9.50. The molecule has 26 heavy (non-hydrogen) atoms. The van der Waals surface area contributed by atoms with E-state index in [0.29, 0.717) is 12.5 Å². The quantitative estimate of drug-likeness (QED) is 0.345. The molecule has 1 atom stereocenters. The van der Waals surface area contributed by atoms with Crippen molar-refractivity contribution in [2.45, 2.75) is 40.2 Å². The molecule has 1 unspecified atom stereocenters. The molecule has 1 aromatic carbocycles. The van der Waals surface area contributed by atoms with Gasteiger partial charge in [-0.3, -0.25) is 0 Å². The van der Waals surface area contributed by atoms with Gasteiger partial charge in [0.25, 0.3) is 0 Å². The number of nitrogens with one attached hydrogen (secondary N) is 2. The summed E-state index contributed by atoms with van der Waals surface area (Å²) in [6, 6.07) is 6.26. The van der Waals surface area contributed by atoms with Gasteiger partial charge in [-0.15, -0.1) is 24.0 Å². The van der Waals surface area contributed by atoms with Crippen molar-refractivity contribution in [1.29, 1.82) is 0 Å². The number of likely N-dealkylation sites (tertiary alicyclic amines) is 1. The number of hydrogen-bond donors (Lipinski definition) is 2. The van der Waals surface area contributed by atoms with Crippen molar-refractivity contribution in [3.8, 4) is 5.75 Å². The second kappa shape index (κ2) is 12.4. The molecule has 6 heteroatoms. The smallest absolute Gasteiger partial charge is 0.191 e. The van der Waals surface area contributed by atoms with Crippen LogP contribution < -0.4 is 15.4 Å². The topological polar surface area (TPSA) is 48.9 Å². The third kappa shape index (κ3) is 7.70. The minimum Gasteiger partial charge on any atom is -0.496 e. The Balaban J connectivity index is 0.00000338. The standard InChI is InChI=1S/C20H34N4O.HI/c1-5-21-20(22-13-17(3)15-24-10-6-7-11-24)23-14-18-9-8-16(2)12-19(18)25-4;/h8-9,12,17H,5-7,10-11,13-15H2,1-4H3,(H2,21,22,23);1H. The van der Waals surface area contributed by atoms with Crippen LogP contribution in [0.4, 0.5) is 0 Å². The van der Waals surface area contributed by atoms with Gasteiger partial charge in [-0.25, -0.2) is 4.99 Å². The molecule has 0 saturated carbocycles. The first-order valence-electron chi connectivity index (χ1n) is 9.50. The van der Waals surface area contributed by atoms with Gasteiger partial charge in [-0.05, 0) is 57.3 Å². The molecule has 2 rings (SSSR count). The van der Waals surface area contributed by atoms with E-state index in [1.54, 1.807) is 7.11 Å². The van der Waals surface area contributed by atoms with Gasteiger partial charge in [0.1, 0.15) is 5.75 Å². The molecule has 1 aliphatic heterocycles. The number of nitrogens with zero attached hydrogens (tertiary/aromatic N) is 2. The summed E-state index contributed by atoms with van der Waals surface area (Å²) < 4.78 is 5.48. The second-order valence-corrected chi connectivity index (χ2v) is 7.00. The van der Waals surface area contributed by atoms with Crippen LogP contribution in [0.15, 0.2) is 23.2 Å². The molecule has 2 N–H and O–H groups in total. The fourth-order valence-corrected chi connectivity index (χ4v) is 3.23. The van der Waals surface area contributed by atoms with Crippen molar-refractivity contribution in [2.24, 2.45) is 10.9 Å². The zero-order valence-corrected chi connectivity index (χ0v) is 19.0. The zero-order chi connectivity index (χ0) is 18.1. The van der Waals surface area contributed by atoms with E-state index in [2.05, 4.69) is 54.5 Å². The zero-order valence-electron chi connectivity index (χ0n) is 16.7. The summed E-state index contributed by atoms with van der Waals surface area (Å²) >= 11 is 0. The van der Waals surface area contributed by atoms with Gasteiger partial charge in [0.05, 0.1) is 13.7 Å². The van der Waals surface area contributed by atoms with Crippen LogP contribution in [0.1, 0.15) is 37.8 Å². The van der Waals surface area contributed by atoms with E-state index < -0.39 is 0 Å². The minimum atomic E-state index is 0. The molecule has 0 aliphatic carbocycles. The van der Waals surface area contributed by atoms with E-state index in [0.717, 1.165) is 36.9 Å². The molecule has 0 aromatic heterocycles. The summed E-state index contributed by atoms with van der Waals surface area (Å²) in [7, 11) is 1.71. The lowest BCUT2D eigenvalue weighted by molar-refractivity contribution is 0.287. The molecular formula is C20H35IN4O. The summed E-state index contributed by atoms with van der Waals surface area (Å²) in [6.07, 6.45) is 2.70. The lowest BCUT2D eigenvalue weighted by Gasteiger charge is -2.21. The molecule has 148 valence electrons. The summed E-state index contributed by atoms with van der Waals surface area (Å²) in [6.45, 7) is 12.6. The van der Waals surface area contributed by atoms with E-state index in [-0.39, 0.29) is 24.0 Å². The summed E-state index contributed by atoms with van der Waals surface area (Å²) in [5.41, 5.74) is 2.31. The maximum Gasteiger partial charge on any atom is 0.191 e. The van der Waals surface area contributed by atoms with Crippen molar-refractivity contribution in [1.82, 2.24) is 15.5 Å². The van der Waals surface area contributed by atoms with Gasteiger partial charge in [0.15, 0.2) is 5.96 Å². The fourth-order valence-electron chi connectivity index (χ4n) is 3.23. The number of aryl methyl sites for hydroxylation is 1. The molecule has 0 spiro atoms. The lowest BCUT2D eigenvalue weighted by Crippen LogP contribution is -2.41. The van der Waals surface area contributed by atoms with Crippen molar-refractivity contribution in [3.63, 3.8) is 0 Å². The van der Waals surface area contributed by atoms with E-state index in [4.69, 9.17) is 9.73 Å². The van der Waals surface area contributed by atoms with E-state index >= 15 is 0 Å². The van der Waals surface area contributed by atoms with Crippen LogP contribution in [-0.2, 0) is 6.54 Å². The number of methoxy groups -OCH3 is 1. The third-order valence-corrected chi connectivity index (χ3v) is 4.58. The Morgan fingerprint density at radius 2 is 2.00 bits per heavy atom. The second-order valence-electron chi connectivity index (χ2n) is 7.00. The highest BCUT2D eigenvalue weighted by atomic mass is 127. The monoisotopic (exact) mass is 474 g/mol. The van der Waals surface area contributed by atoms with Crippen LogP contribution in [0.3, 0.4) is 0 Å². The number of rotatable bonds is 8. The Bertz CT molecular complexity index is 559. The highest BCUT2D eigenvalue weighted by Crippen LogP contribution is 2.20. The number of halogens is 1. The predicted molar refractivity (Wildman–Crippen MR) is 121 cm³/mol. The molecule has 0 bridgehead atoms. The average molecular weight is 474 g/mol. The first-order chi connectivity index (χ1) is 12.1. The van der Waals surface area contributed by atoms with Crippen molar-refractivity contribution in [2.75, 3.05) is 39.8 Å². The summed E-state index contributed by atoms with van der Waals surface area (Å²) in [5.74, 6) is 2.39. The molecule has 0 radical (unpaired) electrons. The van der Waals surface area contributed by atoms with Crippen molar-refractivity contribution in [3.05, 3.63) is 29.3 Å². The molecule has 1 heterocycles. The number of hydrogen-bond acceptors (Lipinski definition) is 3. The van der Waals surface area contributed by atoms with Crippen LogP contribution in [-0.4, -0.2) is 50.7 Å². The van der Waals surface area contributed by atoms with Crippen LogP contribution in [0.5, 0.6) is 5.75 Å². The Kier molecular flexibility index (Phi) is 11.0.